The molecular weight excluding hydrogens is 809 g/mol. The normalized spacial score (nSPS) is 32.5. The molecule has 3 aliphatic carbocycles. The SMILES string of the molecule is CC(=O)O[C@H]1C(=O)[C@@]2(C)[C@H]([C@H](OC(=O)c3ccccc3)[C@]3(O)CC(OC(=O)C(O)[C@@H](NC(=S)NC(C)(C)C)c4ccccc4)C(C)=C1C3(C)C)[C@]1(OC(C)=O)CO[C@@H]1C[C@@H]2O. The molecule has 2 aromatic carbocycles. The number of carbonyl (C=O) groups is 5. The van der Waals surface area contributed by atoms with E-state index in [0.29, 0.717) is 5.56 Å². The quantitative estimate of drug-likeness (QED) is 0.105. The Hall–Kier alpha value is -4.74. The third-order valence-electron chi connectivity index (χ3n) is 12.9. The third-order valence-corrected chi connectivity index (χ3v) is 13.2. The van der Waals surface area contributed by atoms with Gasteiger partial charge in [0, 0.05) is 37.6 Å². The summed E-state index contributed by atoms with van der Waals surface area (Å²) in [5.41, 5.74) is -7.42. The van der Waals surface area contributed by atoms with Crippen LogP contribution in [0.15, 0.2) is 71.8 Å². The van der Waals surface area contributed by atoms with Gasteiger partial charge in [0.25, 0.3) is 0 Å². The molecular formula is C45H56N2O13S. The smallest absolute Gasteiger partial charge is 0.338 e. The molecule has 11 atom stereocenters. The molecule has 0 radical (unpaired) electrons. The van der Waals surface area contributed by atoms with Crippen LogP contribution in [0.5, 0.6) is 0 Å². The number of Topliss-reactive ketones (excluding diaryl/α,β-unsaturated/α-hetero) is 1. The van der Waals surface area contributed by atoms with Crippen LogP contribution in [0.25, 0.3) is 0 Å². The molecule has 61 heavy (non-hydrogen) atoms. The van der Waals surface area contributed by atoms with Crippen LogP contribution in [0.4, 0.5) is 0 Å². The van der Waals surface area contributed by atoms with Gasteiger partial charge in [-0.25, -0.2) is 9.59 Å². The number of benzene rings is 2. The standard InChI is InChI=1S/C45H56N2O13S/c1-23-28(58-39(54)33(51)32(26-16-12-10-13-17-26)46-40(61)47-41(4,5)6)21-45(55)37(59-38(53)27-18-14-11-15-19-27)35-43(9,29(50)20-30-44(35,22-56-30)60-25(3)49)36(52)34(57-24(2)48)31(23)42(45,7)8/h10-19,28-30,32-35,37,50-51,55H,20-22H2,1-9H3,(H2,46,47,61)/t28?,29-,30+,32-,33?,34+,35-,37-,43+,44-,45+/m0/s1. The maximum atomic E-state index is 15.5. The number of rotatable bonds is 9. The summed E-state index contributed by atoms with van der Waals surface area (Å²) in [5, 5.41) is 43.8. The first-order valence-electron chi connectivity index (χ1n) is 20.3. The average molecular weight is 865 g/mol. The molecule has 4 aliphatic rings. The van der Waals surface area contributed by atoms with Crippen molar-refractivity contribution in [2.75, 3.05) is 6.61 Å². The van der Waals surface area contributed by atoms with Crippen molar-refractivity contribution in [3.8, 4) is 0 Å². The lowest BCUT2D eigenvalue weighted by Crippen LogP contribution is -2.82. The molecule has 2 unspecified atom stereocenters. The van der Waals surface area contributed by atoms with Crippen molar-refractivity contribution >= 4 is 47.0 Å². The van der Waals surface area contributed by atoms with Gasteiger partial charge in [0.15, 0.2) is 28.7 Å². The molecule has 0 aromatic heterocycles. The highest BCUT2D eigenvalue weighted by Crippen LogP contribution is 2.64. The van der Waals surface area contributed by atoms with Gasteiger partial charge in [-0.05, 0) is 75.7 Å². The first-order valence-corrected chi connectivity index (χ1v) is 20.7. The van der Waals surface area contributed by atoms with Crippen LogP contribution in [-0.2, 0) is 42.9 Å². The number of nitrogens with one attached hydrogen (secondary N) is 2. The summed E-state index contributed by atoms with van der Waals surface area (Å²) in [5.74, 6) is -6.05. The lowest BCUT2D eigenvalue weighted by atomic mass is 9.44. The van der Waals surface area contributed by atoms with Gasteiger partial charge in [0.05, 0.1) is 35.6 Å². The van der Waals surface area contributed by atoms with Crippen molar-refractivity contribution < 1.29 is 63.0 Å². The minimum absolute atomic E-state index is 0.0307. The molecule has 2 bridgehead atoms. The van der Waals surface area contributed by atoms with Crippen molar-refractivity contribution in [2.45, 2.75) is 135 Å². The van der Waals surface area contributed by atoms with Gasteiger partial charge in [-0.1, -0.05) is 62.4 Å². The minimum Gasteiger partial charge on any atom is -0.456 e. The number of esters is 4. The molecule has 15 nitrogen and oxygen atoms in total. The molecule has 2 aromatic rings. The van der Waals surface area contributed by atoms with E-state index in [1.54, 1.807) is 69.3 Å². The largest absolute Gasteiger partial charge is 0.456 e. The summed E-state index contributed by atoms with van der Waals surface area (Å²) in [6, 6.07) is 15.4. The van der Waals surface area contributed by atoms with Crippen molar-refractivity contribution in [3.63, 3.8) is 0 Å². The predicted molar refractivity (Wildman–Crippen MR) is 222 cm³/mol. The molecule has 0 spiro atoms. The van der Waals surface area contributed by atoms with Gasteiger partial charge in [0.2, 0.25) is 0 Å². The fourth-order valence-corrected chi connectivity index (χ4v) is 10.3. The summed E-state index contributed by atoms with van der Waals surface area (Å²) in [4.78, 5) is 70.0. The molecule has 16 heteroatoms. The van der Waals surface area contributed by atoms with Gasteiger partial charge in [-0.15, -0.1) is 0 Å². The number of ether oxygens (including phenoxy) is 5. The van der Waals surface area contributed by atoms with E-state index in [0.717, 1.165) is 13.8 Å². The van der Waals surface area contributed by atoms with Crippen molar-refractivity contribution in [3.05, 3.63) is 82.9 Å². The van der Waals surface area contributed by atoms with Gasteiger partial charge >= 0.3 is 23.9 Å². The maximum Gasteiger partial charge on any atom is 0.338 e. The fourth-order valence-electron chi connectivity index (χ4n) is 9.89. The van der Waals surface area contributed by atoms with E-state index in [1.807, 2.05) is 20.8 Å². The summed E-state index contributed by atoms with van der Waals surface area (Å²) in [7, 11) is 0. The van der Waals surface area contributed by atoms with Crippen LogP contribution in [0.2, 0.25) is 0 Å². The highest BCUT2D eigenvalue weighted by Gasteiger charge is 2.78. The molecule has 0 amide bonds. The highest BCUT2D eigenvalue weighted by molar-refractivity contribution is 7.80. The Morgan fingerprint density at radius 3 is 2.08 bits per heavy atom. The predicted octanol–water partition coefficient (Wildman–Crippen LogP) is 3.57. The molecule has 5 N–H and O–H groups in total. The zero-order valence-electron chi connectivity index (χ0n) is 35.8. The molecule has 1 heterocycles. The molecule has 1 aliphatic heterocycles. The average Bonchev–Trinajstić information content (AvgIpc) is 3.17. The van der Waals surface area contributed by atoms with E-state index < -0.39 is 112 Å². The Morgan fingerprint density at radius 1 is 0.934 bits per heavy atom. The van der Waals surface area contributed by atoms with Gasteiger partial charge in [-0.2, -0.15) is 0 Å². The Kier molecular flexibility index (Phi) is 12.4. The van der Waals surface area contributed by atoms with Gasteiger partial charge in [-0.3, -0.25) is 14.4 Å². The summed E-state index contributed by atoms with van der Waals surface area (Å²) >= 11 is 5.55. The van der Waals surface area contributed by atoms with E-state index in [4.69, 9.17) is 35.9 Å². The molecule has 3 fully saturated rings. The second kappa shape index (κ2) is 16.5. The highest BCUT2D eigenvalue weighted by atomic mass is 32.1. The Bertz CT molecular complexity index is 2100. The fraction of sp³-hybridized carbons (Fsp3) is 0.556. The summed E-state index contributed by atoms with van der Waals surface area (Å²) in [6.07, 6.45) is -10.2. The summed E-state index contributed by atoms with van der Waals surface area (Å²) in [6.45, 7) is 13.8. The van der Waals surface area contributed by atoms with Crippen molar-refractivity contribution in [1.82, 2.24) is 10.6 Å². The van der Waals surface area contributed by atoms with Crippen LogP contribution in [0.1, 0.15) is 97.1 Å². The minimum atomic E-state index is -2.35. The number of aliphatic hydroxyl groups is 3. The lowest BCUT2D eigenvalue weighted by molar-refractivity contribution is -0.346. The van der Waals surface area contributed by atoms with E-state index in [1.165, 1.54) is 19.1 Å². The second-order valence-corrected chi connectivity index (χ2v) is 18.8. The molecule has 2 saturated carbocycles. The third kappa shape index (κ3) is 8.08. The second-order valence-electron chi connectivity index (χ2n) is 18.4. The summed E-state index contributed by atoms with van der Waals surface area (Å²) < 4.78 is 30.4. The zero-order chi connectivity index (χ0) is 45.0. The number of carbonyl (C=O) groups excluding carboxylic acids is 5. The zero-order valence-corrected chi connectivity index (χ0v) is 36.7. The van der Waals surface area contributed by atoms with Crippen molar-refractivity contribution in [1.29, 1.82) is 0 Å². The number of hydrogen-bond acceptors (Lipinski definition) is 14. The van der Waals surface area contributed by atoms with E-state index in [2.05, 4.69) is 10.6 Å². The van der Waals surface area contributed by atoms with E-state index in [9.17, 15) is 34.5 Å². The van der Waals surface area contributed by atoms with Gasteiger partial charge in [0.1, 0.15) is 23.9 Å². The van der Waals surface area contributed by atoms with Crippen LogP contribution < -0.4 is 10.6 Å². The number of ketones is 1. The van der Waals surface area contributed by atoms with Gasteiger partial charge < -0.3 is 49.6 Å². The maximum absolute atomic E-state index is 15.5. The lowest BCUT2D eigenvalue weighted by Gasteiger charge is -2.67. The monoisotopic (exact) mass is 864 g/mol. The number of thiocarbonyl (C=S) groups is 1. The molecule has 1 saturated heterocycles. The van der Waals surface area contributed by atoms with Crippen LogP contribution in [-0.4, -0.2) is 110 Å². The Labute approximate surface area is 360 Å². The Morgan fingerprint density at radius 2 is 1.54 bits per heavy atom. The van der Waals surface area contributed by atoms with Crippen LogP contribution in [0, 0.1) is 16.7 Å². The molecule has 6 rings (SSSR count). The number of aliphatic hydroxyl groups excluding tert-OH is 2. The van der Waals surface area contributed by atoms with E-state index in [-0.39, 0.29) is 34.8 Å². The first-order chi connectivity index (χ1) is 28.4. The van der Waals surface area contributed by atoms with Crippen LogP contribution >= 0.6 is 12.2 Å². The number of hydrogen-bond donors (Lipinski definition) is 5. The number of fused-ring (bicyclic) bond motifs is 5. The molecule has 330 valence electrons. The first kappa shape index (κ1) is 45.8. The Balaban J connectivity index is 1.54. The topological polar surface area (TPSA) is 216 Å². The van der Waals surface area contributed by atoms with E-state index >= 15 is 4.79 Å². The van der Waals surface area contributed by atoms with Crippen molar-refractivity contribution in [2.24, 2.45) is 16.7 Å². The van der Waals surface area contributed by atoms with Crippen LogP contribution in [0.3, 0.4) is 0 Å².